The maximum atomic E-state index is 13.4. The zero-order valence-corrected chi connectivity index (χ0v) is 14.8. The largest absolute Gasteiger partial charge is 0.340 e. The van der Waals surface area contributed by atoms with Crippen LogP contribution in [0.25, 0.3) is 11.0 Å². The number of aromatic nitrogens is 4. The number of amides is 1. The van der Waals surface area contributed by atoms with Crippen LogP contribution in [-0.2, 0) is 11.3 Å². The summed E-state index contributed by atoms with van der Waals surface area (Å²) < 4.78 is 15.5. The number of nitrogens with zero attached hydrogens (tertiary/aromatic N) is 4. The van der Waals surface area contributed by atoms with E-state index in [-0.39, 0.29) is 17.8 Å². The van der Waals surface area contributed by atoms with Crippen LogP contribution in [-0.4, -0.2) is 36.9 Å². The predicted molar refractivity (Wildman–Crippen MR) is 95.9 cm³/mol. The number of aromatic amines is 1. The lowest BCUT2D eigenvalue weighted by Gasteiger charge is -2.23. The average Bonchev–Trinajstić information content (AvgIpc) is 3.33. The Labute approximate surface area is 151 Å². The van der Waals surface area contributed by atoms with Crippen molar-refractivity contribution >= 4 is 16.9 Å². The fraction of sp³-hybridized carbons (Fsp3) is 0.421. The third kappa shape index (κ3) is 3.21. The summed E-state index contributed by atoms with van der Waals surface area (Å²) in [7, 11) is 0. The lowest BCUT2D eigenvalue weighted by Crippen LogP contribution is -2.31. The molecule has 1 saturated heterocycles. The van der Waals surface area contributed by atoms with Crippen LogP contribution in [0.2, 0.25) is 0 Å². The van der Waals surface area contributed by atoms with E-state index in [2.05, 4.69) is 19.5 Å². The summed E-state index contributed by atoms with van der Waals surface area (Å²) in [6, 6.07) is 4.47. The van der Waals surface area contributed by atoms with Crippen molar-refractivity contribution in [1.29, 1.82) is 0 Å². The highest BCUT2D eigenvalue weighted by Gasteiger charge is 2.31. The normalized spacial score (nSPS) is 17.3. The number of nitrogens with one attached hydrogen (secondary N) is 1. The highest BCUT2D eigenvalue weighted by molar-refractivity contribution is 5.78. The van der Waals surface area contributed by atoms with Gasteiger partial charge in [-0.25, -0.2) is 14.4 Å². The Morgan fingerprint density at radius 3 is 3.12 bits per heavy atom. The van der Waals surface area contributed by atoms with Gasteiger partial charge in [0.05, 0.1) is 17.1 Å². The van der Waals surface area contributed by atoms with E-state index < -0.39 is 0 Å². The van der Waals surface area contributed by atoms with Crippen molar-refractivity contribution in [3.63, 3.8) is 0 Å². The summed E-state index contributed by atoms with van der Waals surface area (Å²) in [6.07, 6.45) is 6.84. The number of hydrogen-bond acceptors (Lipinski definition) is 3. The first-order valence-electron chi connectivity index (χ1n) is 9.04. The van der Waals surface area contributed by atoms with Gasteiger partial charge in [-0.15, -0.1) is 0 Å². The Bertz CT molecular complexity index is 931. The summed E-state index contributed by atoms with van der Waals surface area (Å²) in [5.41, 5.74) is 1.41. The molecule has 136 valence electrons. The van der Waals surface area contributed by atoms with Crippen LogP contribution in [0.1, 0.15) is 43.4 Å². The quantitative estimate of drug-likeness (QED) is 0.763. The Morgan fingerprint density at radius 1 is 1.42 bits per heavy atom. The molecule has 1 amide bonds. The van der Waals surface area contributed by atoms with Gasteiger partial charge >= 0.3 is 0 Å². The third-order valence-corrected chi connectivity index (χ3v) is 5.06. The molecule has 4 rings (SSSR count). The van der Waals surface area contributed by atoms with E-state index in [1.54, 1.807) is 12.3 Å². The number of imidazole rings is 2. The van der Waals surface area contributed by atoms with Crippen LogP contribution >= 0.6 is 0 Å². The van der Waals surface area contributed by atoms with Crippen LogP contribution in [0.5, 0.6) is 0 Å². The van der Waals surface area contributed by atoms with Gasteiger partial charge in [0.25, 0.3) is 0 Å². The number of benzene rings is 1. The van der Waals surface area contributed by atoms with E-state index in [1.807, 2.05) is 18.0 Å². The minimum Gasteiger partial charge on any atom is -0.340 e. The van der Waals surface area contributed by atoms with Crippen molar-refractivity contribution in [1.82, 2.24) is 24.4 Å². The van der Waals surface area contributed by atoms with Gasteiger partial charge in [0.2, 0.25) is 5.91 Å². The Morgan fingerprint density at radius 2 is 2.31 bits per heavy atom. The summed E-state index contributed by atoms with van der Waals surface area (Å²) in [6.45, 7) is 3.50. The second-order valence-corrected chi connectivity index (χ2v) is 6.80. The topological polar surface area (TPSA) is 66.8 Å². The number of rotatable bonds is 5. The fourth-order valence-corrected chi connectivity index (χ4v) is 3.69. The average molecular weight is 355 g/mol. The van der Waals surface area contributed by atoms with E-state index in [0.29, 0.717) is 11.9 Å². The minimum atomic E-state index is -0.290. The number of hydrogen-bond donors (Lipinski definition) is 1. The first kappa shape index (κ1) is 16.8. The first-order valence-corrected chi connectivity index (χ1v) is 9.04. The molecule has 3 aromatic rings. The predicted octanol–water partition coefficient (Wildman–Crippen LogP) is 3.35. The van der Waals surface area contributed by atoms with Gasteiger partial charge in [-0.2, -0.15) is 0 Å². The molecule has 0 spiro atoms. The molecule has 26 heavy (non-hydrogen) atoms. The van der Waals surface area contributed by atoms with Gasteiger partial charge in [0.1, 0.15) is 17.5 Å². The van der Waals surface area contributed by atoms with Gasteiger partial charge in [-0.05, 0) is 44.4 Å². The van der Waals surface area contributed by atoms with Crippen LogP contribution in [0.4, 0.5) is 4.39 Å². The number of aryl methyl sites for hydroxylation is 2. The van der Waals surface area contributed by atoms with Crippen LogP contribution in [0.3, 0.4) is 0 Å². The maximum Gasteiger partial charge on any atom is 0.223 e. The van der Waals surface area contributed by atoms with E-state index in [0.717, 1.165) is 49.5 Å². The zero-order chi connectivity index (χ0) is 18.1. The molecule has 0 radical (unpaired) electrons. The maximum absolute atomic E-state index is 13.4. The lowest BCUT2D eigenvalue weighted by atomic mass is 10.2. The molecule has 1 fully saturated rings. The van der Waals surface area contributed by atoms with Crippen molar-refractivity contribution in [2.75, 3.05) is 6.54 Å². The summed E-state index contributed by atoms with van der Waals surface area (Å²) in [5, 5.41) is 0. The molecular weight excluding hydrogens is 333 g/mol. The van der Waals surface area contributed by atoms with E-state index in [1.165, 1.54) is 12.1 Å². The molecule has 0 aliphatic carbocycles. The molecule has 7 heteroatoms. The van der Waals surface area contributed by atoms with Crippen molar-refractivity contribution in [2.45, 2.75) is 45.2 Å². The van der Waals surface area contributed by atoms with Gasteiger partial charge in [-0.1, -0.05) is 0 Å². The molecule has 1 aliphatic rings. The highest BCUT2D eigenvalue weighted by atomic mass is 19.1. The molecule has 1 N–H and O–H groups in total. The monoisotopic (exact) mass is 355 g/mol. The number of halogens is 1. The molecule has 1 aliphatic heterocycles. The number of likely N-dealkylation sites (tertiary alicyclic amines) is 1. The smallest absolute Gasteiger partial charge is 0.223 e. The van der Waals surface area contributed by atoms with Crippen LogP contribution in [0.15, 0.2) is 30.6 Å². The summed E-state index contributed by atoms with van der Waals surface area (Å²) in [5.74, 6) is 1.58. The Balaban J connectivity index is 1.43. The molecule has 1 atom stereocenters. The lowest BCUT2D eigenvalue weighted by molar-refractivity contribution is -0.132. The second-order valence-electron chi connectivity index (χ2n) is 6.80. The second kappa shape index (κ2) is 6.90. The number of carbonyl (C=O) groups is 1. The van der Waals surface area contributed by atoms with Crippen LogP contribution < -0.4 is 0 Å². The first-order chi connectivity index (χ1) is 12.6. The molecule has 3 heterocycles. The van der Waals surface area contributed by atoms with Gasteiger partial charge < -0.3 is 14.5 Å². The minimum absolute atomic E-state index is 0.0482. The highest BCUT2D eigenvalue weighted by Crippen LogP contribution is 2.32. The Hall–Kier alpha value is -2.70. The molecule has 0 saturated carbocycles. The Kier molecular flexibility index (Phi) is 4.44. The number of carbonyl (C=O) groups excluding carboxylic acids is 1. The van der Waals surface area contributed by atoms with E-state index >= 15 is 0 Å². The summed E-state index contributed by atoms with van der Waals surface area (Å²) >= 11 is 0. The zero-order valence-electron chi connectivity index (χ0n) is 14.8. The van der Waals surface area contributed by atoms with Crippen molar-refractivity contribution in [3.8, 4) is 0 Å². The number of H-pyrrole nitrogens is 1. The molecule has 6 nitrogen and oxygen atoms in total. The fourth-order valence-electron chi connectivity index (χ4n) is 3.69. The van der Waals surface area contributed by atoms with E-state index in [4.69, 9.17) is 0 Å². The van der Waals surface area contributed by atoms with Gasteiger partial charge in [0.15, 0.2) is 0 Å². The molecule has 0 bridgehead atoms. The van der Waals surface area contributed by atoms with Crippen molar-refractivity contribution < 1.29 is 9.18 Å². The third-order valence-electron chi connectivity index (χ3n) is 5.06. The SMILES string of the molecule is Cc1nccn1CCCC(=O)N1CCCC1c1nc2ccc(F)cc2[nH]1. The summed E-state index contributed by atoms with van der Waals surface area (Å²) in [4.78, 5) is 26.6. The van der Waals surface area contributed by atoms with Gasteiger partial charge in [-0.3, -0.25) is 4.79 Å². The van der Waals surface area contributed by atoms with E-state index in [9.17, 15) is 9.18 Å². The number of fused-ring (bicyclic) bond motifs is 1. The van der Waals surface area contributed by atoms with Gasteiger partial charge in [0, 0.05) is 31.9 Å². The van der Waals surface area contributed by atoms with Crippen molar-refractivity contribution in [2.24, 2.45) is 0 Å². The van der Waals surface area contributed by atoms with Crippen LogP contribution in [0, 0.1) is 12.7 Å². The molecule has 1 unspecified atom stereocenters. The molecule has 1 aromatic carbocycles. The molecule has 2 aromatic heterocycles. The van der Waals surface area contributed by atoms with Crippen molar-refractivity contribution in [3.05, 3.63) is 48.1 Å². The standard InChI is InChI=1S/C19H22FN5O/c1-13-21-8-11-24(13)9-3-5-18(26)25-10-2-4-17(25)19-22-15-7-6-14(20)12-16(15)23-19/h6-8,11-12,17H,2-5,9-10H2,1H3,(H,22,23). The molecular formula is C19H22FN5O.